The molecule has 1 rings (SSSR count). The van der Waals surface area contributed by atoms with E-state index in [0.29, 0.717) is 18.0 Å². The molecule has 4 nitrogen and oxygen atoms in total. The van der Waals surface area contributed by atoms with E-state index in [1.54, 1.807) is 12.1 Å². The molecule has 21 heavy (non-hydrogen) atoms. The largest absolute Gasteiger partial charge is 0.522 e. The number of hydrogen-bond donors (Lipinski definition) is 1. The van der Waals surface area contributed by atoms with E-state index in [0.717, 1.165) is 18.5 Å². The minimum absolute atomic E-state index is 0.187. The standard InChI is InChI=1S/C14H20F3NO3/c1-3-6-18-10-11-4-5-12(19-2)9-13(11)20-7-8-21-14(15,16)17/h4-5,9,18H,3,6-8,10H2,1-2H3. The van der Waals surface area contributed by atoms with Crippen LogP contribution in [0.2, 0.25) is 0 Å². The molecule has 0 saturated heterocycles. The van der Waals surface area contributed by atoms with Gasteiger partial charge >= 0.3 is 6.36 Å². The number of methoxy groups -OCH3 is 1. The van der Waals surface area contributed by atoms with Gasteiger partial charge < -0.3 is 14.8 Å². The van der Waals surface area contributed by atoms with E-state index in [-0.39, 0.29) is 6.61 Å². The number of halogens is 3. The Balaban J connectivity index is 2.59. The van der Waals surface area contributed by atoms with Crippen LogP contribution >= 0.6 is 0 Å². The molecule has 0 fully saturated rings. The van der Waals surface area contributed by atoms with Gasteiger partial charge in [0.15, 0.2) is 0 Å². The van der Waals surface area contributed by atoms with Crippen LogP contribution in [-0.2, 0) is 11.3 Å². The van der Waals surface area contributed by atoms with Crippen LogP contribution < -0.4 is 14.8 Å². The molecule has 1 N–H and O–H groups in total. The van der Waals surface area contributed by atoms with Crippen molar-refractivity contribution < 1.29 is 27.4 Å². The smallest absolute Gasteiger partial charge is 0.497 e. The first-order valence-corrected chi connectivity index (χ1v) is 6.67. The highest BCUT2D eigenvalue weighted by molar-refractivity contribution is 5.40. The third-order valence-corrected chi connectivity index (χ3v) is 2.62. The van der Waals surface area contributed by atoms with Gasteiger partial charge in [-0.2, -0.15) is 0 Å². The molecule has 1 aromatic carbocycles. The molecular weight excluding hydrogens is 287 g/mol. The van der Waals surface area contributed by atoms with Crippen LogP contribution in [0.15, 0.2) is 18.2 Å². The van der Waals surface area contributed by atoms with Crippen molar-refractivity contribution in [3.8, 4) is 11.5 Å². The van der Waals surface area contributed by atoms with Crippen molar-refractivity contribution in [2.75, 3.05) is 26.9 Å². The Morgan fingerprint density at radius 2 is 1.95 bits per heavy atom. The molecule has 0 aliphatic heterocycles. The lowest BCUT2D eigenvalue weighted by atomic mass is 10.2. The number of alkyl halides is 3. The van der Waals surface area contributed by atoms with Crippen molar-refractivity contribution in [2.24, 2.45) is 0 Å². The van der Waals surface area contributed by atoms with E-state index < -0.39 is 13.0 Å². The molecule has 0 radical (unpaired) electrons. The molecule has 1 aromatic rings. The van der Waals surface area contributed by atoms with Crippen LogP contribution in [0.3, 0.4) is 0 Å². The highest BCUT2D eigenvalue weighted by Gasteiger charge is 2.28. The maximum Gasteiger partial charge on any atom is 0.522 e. The Labute approximate surface area is 122 Å². The zero-order valence-electron chi connectivity index (χ0n) is 12.1. The number of ether oxygens (including phenoxy) is 3. The van der Waals surface area contributed by atoms with E-state index >= 15 is 0 Å². The minimum atomic E-state index is -4.64. The Morgan fingerprint density at radius 1 is 1.19 bits per heavy atom. The third-order valence-electron chi connectivity index (χ3n) is 2.62. The van der Waals surface area contributed by atoms with Crippen LogP contribution in [0.25, 0.3) is 0 Å². The maximum absolute atomic E-state index is 11.9. The molecule has 0 saturated carbocycles. The molecule has 0 heterocycles. The Kier molecular flexibility index (Phi) is 7.31. The Morgan fingerprint density at radius 3 is 2.57 bits per heavy atom. The lowest BCUT2D eigenvalue weighted by Crippen LogP contribution is -2.19. The highest BCUT2D eigenvalue weighted by atomic mass is 19.4. The van der Waals surface area contributed by atoms with Gasteiger partial charge in [-0.05, 0) is 19.0 Å². The monoisotopic (exact) mass is 307 g/mol. The van der Waals surface area contributed by atoms with Gasteiger partial charge in [-0.1, -0.05) is 13.0 Å². The third kappa shape index (κ3) is 7.19. The Bertz CT molecular complexity index is 424. The van der Waals surface area contributed by atoms with Gasteiger partial charge in [0, 0.05) is 18.2 Å². The number of hydrogen-bond acceptors (Lipinski definition) is 4. The van der Waals surface area contributed by atoms with Crippen molar-refractivity contribution in [1.82, 2.24) is 5.32 Å². The number of benzene rings is 1. The molecule has 0 amide bonds. The normalized spacial score (nSPS) is 11.5. The van der Waals surface area contributed by atoms with Crippen LogP contribution in [0.1, 0.15) is 18.9 Å². The molecule has 0 aromatic heterocycles. The van der Waals surface area contributed by atoms with E-state index in [4.69, 9.17) is 9.47 Å². The fourth-order valence-corrected chi connectivity index (χ4v) is 1.65. The molecule has 0 atom stereocenters. The molecular formula is C14H20F3NO3. The summed E-state index contributed by atoms with van der Waals surface area (Å²) in [6.45, 7) is 2.73. The molecule has 120 valence electrons. The summed E-state index contributed by atoms with van der Waals surface area (Å²) in [5, 5.41) is 3.21. The first-order valence-electron chi connectivity index (χ1n) is 6.67. The second-order valence-electron chi connectivity index (χ2n) is 4.29. The average molecular weight is 307 g/mol. The number of nitrogens with one attached hydrogen (secondary N) is 1. The van der Waals surface area contributed by atoms with Crippen LogP contribution in [0.5, 0.6) is 11.5 Å². The zero-order chi connectivity index (χ0) is 15.7. The second kappa shape index (κ2) is 8.74. The Hall–Kier alpha value is -1.47. The lowest BCUT2D eigenvalue weighted by Gasteiger charge is -2.14. The molecule has 0 unspecified atom stereocenters. The van der Waals surface area contributed by atoms with E-state index in [1.807, 2.05) is 13.0 Å². The maximum atomic E-state index is 11.9. The van der Waals surface area contributed by atoms with Crippen molar-refractivity contribution in [1.29, 1.82) is 0 Å². The SMILES string of the molecule is CCCNCc1ccc(OC)cc1OCCOC(F)(F)F. The average Bonchev–Trinajstić information content (AvgIpc) is 2.44. The fraction of sp³-hybridized carbons (Fsp3) is 0.571. The van der Waals surface area contributed by atoms with Crippen molar-refractivity contribution in [2.45, 2.75) is 26.3 Å². The zero-order valence-corrected chi connectivity index (χ0v) is 12.1. The minimum Gasteiger partial charge on any atom is -0.497 e. The van der Waals surface area contributed by atoms with Gasteiger partial charge in [0.1, 0.15) is 18.1 Å². The van der Waals surface area contributed by atoms with Crippen LogP contribution in [-0.4, -0.2) is 33.2 Å². The molecule has 7 heteroatoms. The van der Waals surface area contributed by atoms with Gasteiger partial charge in [0.05, 0.1) is 13.7 Å². The molecule has 0 aliphatic rings. The van der Waals surface area contributed by atoms with Gasteiger partial charge in [-0.3, -0.25) is 4.74 Å². The first kappa shape index (κ1) is 17.6. The second-order valence-corrected chi connectivity index (χ2v) is 4.29. The van der Waals surface area contributed by atoms with Crippen LogP contribution in [0, 0.1) is 0 Å². The summed E-state index contributed by atoms with van der Waals surface area (Å²) in [4.78, 5) is 0. The van der Waals surface area contributed by atoms with Gasteiger partial charge in [-0.25, -0.2) is 0 Å². The van der Waals surface area contributed by atoms with E-state index in [9.17, 15) is 13.2 Å². The summed E-state index contributed by atoms with van der Waals surface area (Å²) in [5.74, 6) is 1.07. The predicted molar refractivity (Wildman–Crippen MR) is 72.5 cm³/mol. The topological polar surface area (TPSA) is 39.7 Å². The summed E-state index contributed by atoms with van der Waals surface area (Å²) in [5.41, 5.74) is 0.858. The molecule has 0 aliphatic carbocycles. The summed E-state index contributed by atoms with van der Waals surface area (Å²) < 4.78 is 49.8. The van der Waals surface area contributed by atoms with Gasteiger partial charge in [-0.15, -0.1) is 13.2 Å². The molecule has 0 bridgehead atoms. The summed E-state index contributed by atoms with van der Waals surface area (Å²) in [6.07, 6.45) is -3.64. The predicted octanol–water partition coefficient (Wildman–Crippen LogP) is 3.11. The summed E-state index contributed by atoms with van der Waals surface area (Å²) in [6, 6.07) is 5.25. The fourth-order valence-electron chi connectivity index (χ4n) is 1.65. The lowest BCUT2D eigenvalue weighted by molar-refractivity contribution is -0.325. The van der Waals surface area contributed by atoms with E-state index in [1.165, 1.54) is 7.11 Å². The van der Waals surface area contributed by atoms with Crippen molar-refractivity contribution >= 4 is 0 Å². The summed E-state index contributed by atoms with van der Waals surface area (Å²) >= 11 is 0. The van der Waals surface area contributed by atoms with Crippen molar-refractivity contribution in [3.05, 3.63) is 23.8 Å². The van der Waals surface area contributed by atoms with Gasteiger partial charge in [0.25, 0.3) is 0 Å². The molecule has 0 spiro atoms. The summed E-state index contributed by atoms with van der Waals surface area (Å²) in [7, 11) is 1.51. The number of rotatable bonds is 9. The van der Waals surface area contributed by atoms with Crippen LogP contribution in [0.4, 0.5) is 13.2 Å². The van der Waals surface area contributed by atoms with Crippen molar-refractivity contribution in [3.63, 3.8) is 0 Å². The highest BCUT2D eigenvalue weighted by Crippen LogP contribution is 2.25. The first-order chi connectivity index (χ1) is 9.96. The van der Waals surface area contributed by atoms with Gasteiger partial charge in [0.2, 0.25) is 0 Å². The quantitative estimate of drug-likeness (QED) is 0.712. The van der Waals surface area contributed by atoms with E-state index in [2.05, 4.69) is 10.1 Å².